The summed E-state index contributed by atoms with van der Waals surface area (Å²) in [5.74, 6) is 0.790. The highest BCUT2D eigenvalue weighted by Crippen LogP contribution is 2.28. The molecule has 0 unspecified atom stereocenters. The standard InChI is InChI=1S/C21H21FN2O2S/c22-15-9-7-14(8-10-15)19-12-11-17(26-19)13-18-20(25)24(21(27)23-18)16-5-3-1-2-4-6-16/h7-13,16H,1-6H2,(H,23,27)/b18-13-. The highest BCUT2D eigenvalue weighted by atomic mass is 32.1. The van der Waals surface area contributed by atoms with E-state index in [0.29, 0.717) is 22.3 Å². The van der Waals surface area contributed by atoms with Crippen molar-refractivity contribution in [2.24, 2.45) is 0 Å². The quantitative estimate of drug-likeness (QED) is 0.466. The summed E-state index contributed by atoms with van der Waals surface area (Å²) in [5, 5.41) is 3.51. The van der Waals surface area contributed by atoms with Crippen LogP contribution in [0.3, 0.4) is 0 Å². The monoisotopic (exact) mass is 384 g/mol. The van der Waals surface area contributed by atoms with E-state index in [1.807, 2.05) is 0 Å². The summed E-state index contributed by atoms with van der Waals surface area (Å²) >= 11 is 5.42. The Hall–Kier alpha value is -2.47. The molecule has 1 aromatic heterocycles. The number of hydrogen-bond acceptors (Lipinski definition) is 3. The fraction of sp³-hybridized carbons (Fsp3) is 0.333. The Morgan fingerprint density at radius 2 is 1.78 bits per heavy atom. The molecule has 2 aliphatic rings. The van der Waals surface area contributed by atoms with Gasteiger partial charge in [-0.05, 0) is 61.5 Å². The van der Waals surface area contributed by atoms with Crippen molar-refractivity contribution in [3.8, 4) is 11.3 Å². The van der Waals surface area contributed by atoms with Gasteiger partial charge in [-0.1, -0.05) is 25.7 Å². The van der Waals surface area contributed by atoms with E-state index >= 15 is 0 Å². The van der Waals surface area contributed by atoms with Crippen LogP contribution in [0.25, 0.3) is 17.4 Å². The van der Waals surface area contributed by atoms with E-state index in [2.05, 4.69) is 5.32 Å². The van der Waals surface area contributed by atoms with Crippen molar-refractivity contribution in [3.05, 3.63) is 53.7 Å². The molecule has 1 N–H and O–H groups in total. The van der Waals surface area contributed by atoms with Crippen molar-refractivity contribution in [2.45, 2.75) is 44.6 Å². The predicted octanol–water partition coefficient (Wildman–Crippen LogP) is 4.87. The van der Waals surface area contributed by atoms with Crippen LogP contribution in [0, 0.1) is 5.82 Å². The van der Waals surface area contributed by atoms with Crippen molar-refractivity contribution >= 4 is 29.3 Å². The second-order valence-electron chi connectivity index (χ2n) is 7.02. The highest BCUT2D eigenvalue weighted by Gasteiger charge is 2.36. The Kier molecular flexibility index (Phi) is 5.07. The Morgan fingerprint density at radius 1 is 1.07 bits per heavy atom. The van der Waals surface area contributed by atoms with E-state index in [0.717, 1.165) is 31.2 Å². The summed E-state index contributed by atoms with van der Waals surface area (Å²) in [4.78, 5) is 14.6. The maximum Gasteiger partial charge on any atom is 0.276 e. The van der Waals surface area contributed by atoms with Gasteiger partial charge in [0, 0.05) is 17.7 Å². The number of carbonyl (C=O) groups is 1. The zero-order chi connectivity index (χ0) is 18.8. The van der Waals surface area contributed by atoms with Crippen LogP contribution < -0.4 is 5.32 Å². The van der Waals surface area contributed by atoms with Crippen molar-refractivity contribution in [2.75, 3.05) is 0 Å². The van der Waals surface area contributed by atoms with Crippen LogP contribution in [-0.2, 0) is 4.79 Å². The minimum Gasteiger partial charge on any atom is -0.457 e. The predicted molar refractivity (Wildman–Crippen MR) is 106 cm³/mol. The number of carbonyl (C=O) groups excluding carboxylic acids is 1. The number of hydrogen-bond donors (Lipinski definition) is 1. The maximum atomic E-state index is 13.1. The second kappa shape index (κ2) is 7.64. The number of furan rings is 1. The average molecular weight is 384 g/mol. The van der Waals surface area contributed by atoms with Gasteiger partial charge in [0.25, 0.3) is 5.91 Å². The van der Waals surface area contributed by atoms with Gasteiger partial charge >= 0.3 is 0 Å². The zero-order valence-electron chi connectivity index (χ0n) is 14.9. The van der Waals surface area contributed by atoms with E-state index < -0.39 is 0 Å². The first kappa shape index (κ1) is 17.9. The lowest BCUT2D eigenvalue weighted by atomic mass is 10.1. The van der Waals surface area contributed by atoms with Crippen LogP contribution in [0.4, 0.5) is 4.39 Å². The molecule has 2 aromatic rings. The number of amides is 1. The summed E-state index contributed by atoms with van der Waals surface area (Å²) < 4.78 is 18.9. The van der Waals surface area contributed by atoms with Crippen LogP contribution in [0.2, 0.25) is 0 Å². The number of nitrogens with one attached hydrogen (secondary N) is 1. The lowest BCUT2D eigenvalue weighted by Crippen LogP contribution is -2.40. The first-order chi connectivity index (χ1) is 13.1. The van der Waals surface area contributed by atoms with E-state index in [1.165, 1.54) is 25.0 Å². The van der Waals surface area contributed by atoms with Crippen LogP contribution in [0.1, 0.15) is 44.3 Å². The molecule has 2 heterocycles. The highest BCUT2D eigenvalue weighted by molar-refractivity contribution is 7.80. The molecule has 140 valence electrons. The van der Waals surface area contributed by atoms with Gasteiger partial charge in [0.1, 0.15) is 23.0 Å². The summed E-state index contributed by atoms with van der Waals surface area (Å²) in [6.07, 6.45) is 8.38. The molecule has 0 radical (unpaired) electrons. The molecule has 1 aromatic carbocycles. The molecule has 27 heavy (non-hydrogen) atoms. The van der Waals surface area contributed by atoms with Gasteiger partial charge in [-0.2, -0.15) is 0 Å². The molecular weight excluding hydrogens is 363 g/mol. The summed E-state index contributed by atoms with van der Waals surface area (Å²) in [6.45, 7) is 0. The lowest BCUT2D eigenvalue weighted by molar-refractivity contribution is -0.124. The molecule has 1 saturated carbocycles. The van der Waals surface area contributed by atoms with Crippen molar-refractivity contribution in [1.29, 1.82) is 0 Å². The first-order valence-corrected chi connectivity index (χ1v) is 9.75. The fourth-order valence-electron chi connectivity index (χ4n) is 3.74. The fourth-order valence-corrected chi connectivity index (χ4v) is 4.08. The third-order valence-electron chi connectivity index (χ3n) is 5.14. The van der Waals surface area contributed by atoms with Crippen LogP contribution in [0.5, 0.6) is 0 Å². The average Bonchev–Trinajstić information content (AvgIpc) is 3.10. The largest absolute Gasteiger partial charge is 0.457 e. The molecule has 0 spiro atoms. The van der Waals surface area contributed by atoms with Gasteiger partial charge < -0.3 is 9.73 Å². The molecule has 1 amide bonds. The van der Waals surface area contributed by atoms with Crippen LogP contribution in [0.15, 0.2) is 46.5 Å². The number of thiocarbonyl (C=S) groups is 1. The van der Waals surface area contributed by atoms with Gasteiger partial charge in [-0.3, -0.25) is 9.69 Å². The minimum absolute atomic E-state index is 0.0911. The van der Waals surface area contributed by atoms with Gasteiger partial charge in [0.2, 0.25) is 0 Å². The summed E-state index contributed by atoms with van der Waals surface area (Å²) in [6, 6.07) is 9.87. The Morgan fingerprint density at radius 3 is 2.48 bits per heavy atom. The molecule has 4 nitrogen and oxygen atoms in total. The Labute approximate surface area is 163 Å². The van der Waals surface area contributed by atoms with E-state index in [-0.39, 0.29) is 17.8 Å². The molecule has 1 aliphatic carbocycles. The minimum atomic E-state index is -0.291. The van der Waals surface area contributed by atoms with Crippen molar-refractivity contribution < 1.29 is 13.6 Å². The van der Waals surface area contributed by atoms with Gasteiger partial charge in [-0.25, -0.2) is 4.39 Å². The molecule has 1 aliphatic heterocycles. The number of halogens is 1. The molecular formula is C21H21FN2O2S. The maximum absolute atomic E-state index is 13.1. The first-order valence-electron chi connectivity index (χ1n) is 9.34. The summed E-state index contributed by atoms with van der Waals surface area (Å²) in [5.41, 5.74) is 1.21. The third kappa shape index (κ3) is 3.81. The van der Waals surface area contributed by atoms with Gasteiger partial charge in [0.05, 0.1) is 0 Å². The second-order valence-corrected chi connectivity index (χ2v) is 7.40. The number of rotatable bonds is 3. The smallest absolute Gasteiger partial charge is 0.276 e. The third-order valence-corrected chi connectivity index (χ3v) is 5.44. The van der Waals surface area contributed by atoms with Crippen molar-refractivity contribution in [3.63, 3.8) is 0 Å². The number of benzene rings is 1. The topological polar surface area (TPSA) is 45.5 Å². The van der Waals surface area contributed by atoms with Gasteiger partial charge in [0.15, 0.2) is 5.11 Å². The van der Waals surface area contributed by atoms with Crippen molar-refractivity contribution in [1.82, 2.24) is 10.2 Å². The zero-order valence-corrected chi connectivity index (χ0v) is 15.7. The summed E-state index contributed by atoms with van der Waals surface area (Å²) in [7, 11) is 0. The Balaban J connectivity index is 1.53. The normalized spacial score (nSPS) is 20.2. The molecule has 0 atom stereocenters. The van der Waals surface area contributed by atoms with Crippen LogP contribution in [-0.4, -0.2) is 22.0 Å². The molecule has 2 fully saturated rings. The van der Waals surface area contributed by atoms with Crippen LogP contribution >= 0.6 is 12.2 Å². The van der Waals surface area contributed by atoms with E-state index in [1.54, 1.807) is 35.2 Å². The molecule has 1 saturated heterocycles. The SMILES string of the molecule is O=C1/C(=C/c2ccc(-c3ccc(F)cc3)o2)NC(=S)N1C1CCCCCC1. The van der Waals surface area contributed by atoms with Gasteiger partial charge in [-0.15, -0.1) is 0 Å². The molecule has 4 rings (SSSR count). The number of nitrogens with zero attached hydrogens (tertiary/aromatic N) is 1. The van der Waals surface area contributed by atoms with E-state index in [9.17, 15) is 9.18 Å². The Bertz CT molecular complexity index is 880. The lowest BCUT2D eigenvalue weighted by Gasteiger charge is -2.25. The van der Waals surface area contributed by atoms with E-state index in [4.69, 9.17) is 16.6 Å². The molecule has 0 bridgehead atoms. The molecule has 6 heteroatoms.